The Bertz CT molecular complexity index is 440. The quantitative estimate of drug-likeness (QED) is 0.906. The number of pyridine rings is 1. The molecular weight excluding hydrogens is 234 g/mol. The highest BCUT2D eigenvalue weighted by molar-refractivity contribution is 5.50. The third kappa shape index (κ3) is 3.08. The fourth-order valence-corrected chi connectivity index (χ4v) is 2.97. The van der Waals surface area contributed by atoms with Gasteiger partial charge >= 0.3 is 0 Å². The maximum atomic E-state index is 6.02. The van der Waals surface area contributed by atoms with Crippen LogP contribution in [0.15, 0.2) is 12.3 Å². The minimum atomic E-state index is 0.235. The van der Waals surface area contributed by atoms with Crippen LogP contribution in [-0.4, -0.2) is 23.1 Å². The van der Waals surface area contributed by atoms with E-state index in [1.165, 1.54) is 24.0 Å². The number of anilines is 1. The van der Waals surface area contributed by atoms with Gasteiger partial charge in [0.15, 0.2) is 0 Å². The summed E-state index contributed by atoms with van der Waals surface area (Å²) in [6.07, 6.45) is 6.45. The van der Waals surface area contributed by atoms with Crippen LogP contribution in [0.4, 0.5) is 5.82 Å². The summed E-state index contributed by atoms with van der Waals surface area (Å²) in [7, 11) is 0. The second-order valence-corrected chi connectivity index (χ2v) is 6.42. The Morgan fingerprint density at radius 3 is 2.74 bits per heavy atom. The zero-order chi connectivity index (χ0) is 14.0. The van der Waals surface area contributed by atoms with Gasteiger partial charge in [-0.2, -0.15) is 0 Å². The molecule has 1 aromatic rings. The summed E-state index contributed by atoms with van der Waals surface area (Å²) in [4.78, 5) is 7.16. The topological polar surface area (TPSA) is 42.1 Å². The first-order chi connectivity index (χ1) is 8.94. The van der Waals surface area contributed by atoms with Crippen LogP contribution in [0, 0.1) is 6.92 Å². The van der Waals surface area contributed by atoms with Crippen molar-refractivity contribution < 1.29 is 0 Å². The van der Waals surface area contributed by atoms with Gasteiger partial charge in [0.2, 0.25) is 0 Å². The van der Waals surface area contributed by atoms with Gasteiger partial charge in [-0.3, -0.25) is 0 Å². The molecule has 106 valence electrons. The number of nitrogens with two attached hydrogens (primary N) is 1. The van der Waals surface area contributed by atoms with Gasteiger partial charge in [-0.05, 0) is 57.6 Å². The molecule has 2 rings (SSSR count). The molecule has 2 heterocycles. The van der Waals surface area contributed by atoms with Crippen LogP contribution in [-0.2, 0) is 6.42 Å². The van der Waals surface area contributed by atoms with Gasteiger partial charge in [-0.25, -0.2) is 4.98 Å². The molecule has 1 aromatic heterocycles. The highest BCUT2D eigenvalue weighted by Crippen LogP contribution is 2.34. The smallest absolute Gasteiger partial charge is 0.131 e. The number of aromatic nitrogens is 1. The molecule has 0 saturated carbocycles. The molecule has 1 saturated heterocycles. The number of hydrogen-bond acceptors (Lipinski definition) is 3. The number of aryl methyl sites for hydroxylation is 1. The summed E-state index contributed by atoms with van der Waals surface area (Å²) in [5, 5.41) is 0. The van der Waals surface area contributed by atoms with Crippen molar-refractivity contribution in [1.29, 1.82) is 0 Å². The van der Waals surface area contributed by atoms with Crippen molar-refractivity contribution in [1.82, 2.24) is 4.98 Å². The van der Waals surface area contributed by atoms with Crippen LogP contribution in [0.25, 0.3) is 0 Å². The van der Waals surface area contributed by atoms with E-state index in [1.807, 2.05) is 6.20 Å². The van der Waals surface area contributed by atoms with E-state index in [0.717, 1.165) is 25.2 Å². The fraction of sp³-hybridized carbons (Fsp3) is 0.688. The van der Waals surface area contributed by atoms with Gasteiger partial charge in [0, 0.05) is 24.3 Å². The first-order valence-electron chi connectivity index (χ1n) is 7.43. The SMILES string of the molecule is CCC(N)Cc1cnc(N2CCCC2(C)C)c(C)c1. The lowest BCUT2D eigenvalue weighted by Crippen LogP contribution is -2.39. The molecule has 0 aromatic carbocycles. The van der Waals surface area contributed by atoms with Crippen LogP contribution in [0.3, 0.4) is 0 Å². The van der Waals surface area contributed by atoms with Crippen molar-refractivity contribution in [3.8, 4) is 0 Å². The molecular formula is C16H27N3. The van der Waals surface area contributed by atoms with E-state index in [9.17, 15) is 0 Å². The van der Waals surface area contributed by atoms with E-state index in [4.69, 9.17) is 10.7 Å². The van der Waals surface area contributed by atoms with Gasteiger partial charge in [0.05, 0.1) is 0 Å². The highest BCUT2D eigenvalue weighted by atomic mass is 15.3. The average Bonchev–Trinajstić information content (AvgIpc) is 2.69. The molecule has 2 N–H and O–H groups in total. The zero-order valence-corrected chi connectivity index (χ0v) is 12.7. The van der Waals surface area contributed by atoms with E-state index in [0.29, 0.717) is 0 Å². The van der Waals surface area contributed by atoms with Crippen molar-refractivity contribution in [3.05, 3.63) is 23.4 Å². The predicted octanol–water partition coefficient (Wildman–Crippen LogP) is 3.05. The third-order valence-corrected chi connectivity index (χ3v) is 4.29. The molecule has 3 nitrogen and oxygen atoms in total. The first kappa shape index (κ1) is 14.3. The monoisotopic (exact) mass is 261 g/mol. The van der Waals surface area contributed by atoms with Crippen LogP contribution >= 0.6 is 0 Å². The van der Waals surface area contributed by atoms with E-state index >= 15 is 0 Å². The fourth-order valence-electron chi connectivity index (χ4n) is 2.97. The first-order valence-corrected chi connectivity index (χ1v) is 7.43. The second kappa shape index (κ2) is 5.49. The molecule has 1 atom stereocenters. The minimum absolute atomic E-state index is 0.235. The molecule has 3 heteroatoms. The van der Waals surface area contributed by atoms with Crippen molar-refractivity contribution >= 4 is 5.82 Å². The molecule has 1 aliphatic heterocycles. The maximum absolute atomic E-state index is 6.02. The van der Waals surface area contributed by atoms with Crippen LogP contribution < -0.4 is 10.6 Å². The molecule has 1 aliphatic rings. The Kier molecular flexibility index (Phi) is 4.14. The standard InChI is InChI=1S/C16H27N3/c1-5-14(17)10-13-9-12(2)15(18-11-13)19-8-6-7-16(19,3)4/h9,11,14H,5-8,10,17H2,1-4H3. The third-order valence-electron chi connectivity index (χ3n) is 4.29. The van der Waals surface area contributed by atoms with Crippen molar-refractivity contribution in [2.75, 3.05) is 11.4 Å². The summed E-state index contributed by atoms with van der Waals surface area (Å²) in [5.41, 5.74) is 8.79. The Balaban J connectivity index is 2.20. The lowest BCUT2D eigenvalue weighted by molar-refractivity contribution is 0.513. The zero-order valence-electron chi connectivity index (χ0n) is 12.7. The van der Waals surface area contributed by atoms with E-state index in [-0.39, 0.29) is 11.6 Å². The Morgan fingerprint density at radius 2 is 2.21 bits per heavy atom. The highest BCUT2D eigenvalue weighted by Gasteiger charge is 2.33. The maximum Gasteiger partial charge on any atom is 0.131 e. The molecule has 0 spiro atoms. The molecule has 0 radical (unpaired) electrons. The van der Waals surface area contributed by atoms with Crippen molar-refractivity contribution in [2.24, 2.45) is 5.73 Å². The minimum Gasteiger partial charge on any atom is -0.351 e. The number of rotatable bonds is 4. The van der Waals surface area contributed by atoms with Gasteiger partial charge in [0.1, 0.15) is 5.82 Å². The summed E-state index contributed by atoms with van der Waals surface area (Å²) < 4.78 is 0. The molecule has 0 bridgehead atoms. The van der Waals surface area contributed by atoms with Crippen LogP contribution in [0.1, 0.15) is 51.2 Å². The molecule has 0 amide bonds. The van der Waals surface area contributed by atoms with E-state index < -0.39 is 0 Å². The predicted molar refractivity (Wildman–Crippen MR) is 81.6 cm³/mol. The Labute approximate surface area is 117 Å². The van der Waals surface area contributed by atoms with Crippen LogP contribution in [0.2, 0.25) is 0 Å². The molecule has 1 unspecified atom stereocenters. The lowest BCUT2D eigenvalue weighted by atomic mass is 10.0. The summed E-state index contributed by atoms with van der Waals surface area (Å²) >= 11 is 0. The van der Waals surface area contributed by atoms with Gasteiger partial charge in [-0.15, -0.1) is 0 Å². The largest absolute Gasteiger partial charge is 0.351 e. The second-order valence-electron chi connectivity index (χ2n) is 6.42. The normalized spacial score (nSPS) is 19.7. The van der Waals surface area contributed by atoms with Crippen molar-refractivity contribution in [2.45, 2.75) is 65.0 Å². The van der Waals surface area contributed by atoms with Gasteiger partial charge in [-0.1, -0.05) is 13.0 Å². The summed E-state index contributed by atoms with van der Waals surface area (Å²) in [6, 6.07) is 2.50. The average molecular weight is 261 g/mol. The number of nitrogens with zero attached hydrogens (tertiary/aromatic N) is 2. The Morgan fingerprint density at radius 1 is 1.47 bits per heavy atom. The van der Waals surface area contributed by atoms with Crippen molar-refractivity contribution in [3.63, 3.8) is 0 Å². The van der Waals surface area contributed by atoms with Gasteiger partial charge < -0.3 is 10.6 Å². The van der Waals surface area contributed by atoms with Crippen LogP contribution in [0.5, 0.6) is 0 Å². The molecule has 1 fully saturated rings. The number of hydrogen-bond donors (Lipinski definition) is 1. The Hall–Kier alpha value is -1.09. The van der Waals surface area contributed by atoms with E-state index in [1.54, 1.807) is 0 Å². The van der Waals surface area contributed by atoms with E-state index in [2.05, 4.69) is 38.7 Å². The molecule has 19 heavy (non-hydrogen) atoms. The molecule has 0 aliphatic carbocycles. The van der Waals surface area contributed by atoms with Gasteiger partial charge in [0.25, 0.3) is 0 Å². The summed E-state index contributed by atoms with van der Waals surface area (Å²) in [6.45, 7) is 10.0. The summed E-state index contributed by atoms with van der Waals surface area (Å²) in [5.74, 6) is 1.15. The lowest BCUT2D eigenvalue weighted by Gasteiger charge is -2.33.